The number of aromatic nitrogens is 2. The average Bonchev–Trinajstić information content (AvgIpc) is 2.49. The van der Waals surface area contributed by atoms with Crippen LogP contribution < -0.4 is 0 Å². The van der Waals surface area contributed by atoms with Crippen molar-refractivity contribution in [3.63, 3.8) is 0 Å². The zero-order valence-corrected chi connectivity index (χ0v) is 8.52. The van der Waals surface area contributed by atoms with Crippen LogP contribution in [0.1, 0.15) is 5.01 Å². The first-order valence-electron chi connectivity index (χ1n) is 3.70. The highest BCUT2D eigenvalue weighted by atomic mass is 35.5. The lowest BCUT2D eigenvalue weighted by atomic mass is 10.5. The molecule has 0 saturated carbocycles. The van der Waals surface area contributed by atoms with Crippen molar-refractivity contribution in [3.8, 4) is 0 Å². The van der Waals surface area contributed by atoms with Gasteiger partial charge in [-0.1, -0.05) is 11.6 Å². The molecular weight excluding hydrogens is 208 g/mol. The first-order valence-corrected chi connectivity index (χ1v) is 4.89. The summed E-state index contributed by atoms with van der Waals surface area (Å²) >= 11 is 7.48. The van der Waals surface area contributed by atoms with Crippen molar-refractivity contribution in [2.75, 3.05) is 7.11 Å². The Kier molecular flexibility index (Phi) is 2.44. The van der Waals surface area contributed by atoms with E-state index >= 15 is 0 Å². The molecule has 2 aromatic rings. The van der Waals surface area contributed by atoms with Crippen LogP contribution in [0.2, 0.25) is 5.02 Å². The Bertz CT molecular complexity index is 429. The molecule has 2 aromatic heterocycles. The number of nitrogens with zero attached hydrogens (tertiary/aromatic N) is 2. The predicted octanol–water partition coefficient (Wildman–Crippen LogP) is 2.49. The Labute approximate surface area is 84.3 Å². The number of hydrogen-bond donors (Lipinski definition) is 0. The summed E-state index contributed by atoms with van der Waals surface area (Å²) in [6.07, 6.45) is 1.65. The van der Waals surface area contributed by atoms with E-state index in [1.165, 1.54) is 11.3 Å². The number of methoxy groups -OCH3 is 1. The number of thiazole rings is 1. The number of rotatable bonds is 2. The molecule has 0 aliphatic heterocycles. The molecule has 0 aliphatic carbocycles. The smallest absolute Gasteiger partial charge is 0.172 e. The van der Waals surface area contributed by atoms with Crippen LogP contribution in [0.5, 0.6) is 0 Å². The fourth-order valence-electron chi connectivity index (χ4n) is 1.03. The van der Waals surface area contributed by atoms with Gasteiger partial charge in [0.15, 0.2) is 5.65 Å². The topological polar surface area (TPSA) is 35.0 Å². The summed E-state index contributed by atoms with van der Waals surface area (Å²) in [6, 6.07) is 1.76. The van der Waals surface area contributed by atoms with Gasteiger partial charge < -0.3 is 4.74 Å². The number of ether oxygens (including phenoxy) is 1. The summed E-state index contributed by atoms with van der Waals surface area (Å²) < 4.78 is 5.90. The van der Waals surface area contributed by atoms with Crippen LogP contribution in [0.4, 0.5) is 0 Å². The Morgan fingerprint density at radius 1 is 1.62 bits per heavy atom. The van der Waals surface area contributed by atoms with Gasteiger partial charge >= 0.3 is 0 Å². The lowest BCUT2D eigenvalue weighted by Gasteiger charge is -1.88. The molecule has 0 saturated heterocycles. The minimum atomic E-state index is 0.511. The van der Waals surface area contributed by atoms with Crippen molar-refractivity contribution >= 4 is 33.3 Å². The molecule has 0 fully saturated rings. The monoisotopic (exact) mass is 214 g/mol. The molecule has 0 radical (unpaired) electrons. The molecule has 0 aromatic carbocycles. The summed E-state index contributed by atoms with van der Waals surface area (Å²) in [5.41, 5.74) is 0.699. The molecule has 0 spiro atoms. The van der Waals surface area contributed by atoms with E-state index in [-0.39, 0.29) is 0 Å². The van der Waals surface area contributed by atoms with Crippen LogP contribution in [0, 0.1) is 0 Å². The molecule has 5 heteroatoms. The zero-order valence-electron chi connectivity index (χ0n) is 6.95. The van der Waals surface area contributed by atoms with E-state index in [0.29, 0.717) is 17.3 Å². The van der Waals surface area contributed by atoms with Gasteiger partial charge in [0.1, 0.15) is 5.01 Å². The van der Waals surface area contributed by atoms with E-state index in [9.17, 15) is 0 Å². The first kappa shape index (κ1) is 8.87. The van der Waals surface area contributed by atoms with E-state index in [0.717, 1.165) is 9.71 Å². The molecular formula is C8H7ClN2OS. The molecule has 0 amide bonds. The summed E-state index contributed by atoms with van der Waals surface area (Å²) in [5, 5.41) is 1.60. The summed E-state index contributed by atoms with van der Waals surface area (Å²) in [6.45, 7) is 0.511. The van der Waals surface area contributed by atoms with Crippen molar-refractivity contribution in [1.82, 2.24) is 9.97 Å². The van der Waals surface area contributed by atoms with Crippen molar-refractivity contribution in [1.29, 1.82) is 0 Å². The van der Waals surface area contributed by atoms with Gasteiger partial charge in [-0.3, -0.25) is 0 Å². The number of halogens is 1. The predicted molar refractivity (Wildman–Crippen MR) is 53.1 cm³/mol. The van der Waals surface area contributed by atoms with E-state index in [1.54, 1.807) is 19.4 Å². The second-order valence-corrected chi connectivity index (χ2v) is 3.98. The number of hydrogen-bond acceptors (Lipinski definition) is 4. The summed E-state index contributed by atoms with van der Waals surface area (Å²) in [4.78, 5) is 8.37. The van der Waals surface area contributed by atoms with E-state index in [4.69, 9.17) is 16.3 Å². The molecule has 0 unspecified atom stereocenters. The van der Waals surface area contributed by atoms with Crippen molar-refractivity contribution in [2.45, 2.75) is 6.61 Å². The highest BCUT2D eigenvalue weighted by Crippen LogP contribution is 2.27. The maximum Gasteiger partial charge on any atom is 0.172 e. The van der Waals surface area contributed by atoms with Crippen molar-refractivity contribution in [3.05, 3.63) is 22.3 Å². The van der Waals surface area contributed by atoms with Crippen molar-refractivity contribution < 1.29 is 4.74 Å². The summed E-state index contributed by atoms with van der Waals surface area (Å²) in [7, 11) is 1.64. The SMILES string of the molecule is COCc1nc2nccc(Cl)c2s1. The Morgan fingerprint density at radius 2 is 2.46 bits per heavy atom. The van der Waals surface area contributed by atoms with Gasteiger partial charge in [0, 0.05) is 13.3 Å². The van der Waals surface area contributed by atoms with Crippen LogP contribution >= 0.6 is 22.9 Å². The highest BCUT2D eigenvalue weighted by molar-refractivity contribution is 7.19. The second-order valence-electron chi connectivity index (χ2n) is 2.49. The van der Waals surface area contributed by atoms with Crippen LogP contribution in [-0.4, -0.2) is 17.1 Å². The van der Waals surface area contributed by atoms with Crippen molar-refractivity contribution in [2.24, 2.45) is 0 Å². The maximum atomic E-state index is 5.96. The average molecular weight is 215 g/mol. The molecule has 13 heavy (non-hydrogen) atoms. The quantitative estimate of drug-likeness (QED) is 0.771. The Morgan fingerprint density at radius 3 is 3.15 bits per heavy atom. The standard InChI is InChI=1S/C8H7ClN2OS/c1-12-4-6-11-8-7(13-6)5(9)2-3-10-8/h2-3H,4H2,1H3. The van der Waals surface area contributed by atoms with Crippen LogP contribution in [-0.2, 0) is 11.3 Å². The molecule has 3 nitrogen and oxygen atoms in total. The van der Waals surface area contributed by atoms with Gasteiger partial charge in [-0.05, 0) is 6.07 Å². The summed E-state index contributed by atoms with van der Waals surface area (Å²) in [5.74, 6) is 0. The molecule has 2 rings (SSSR count). The van der Waals surface area contributed by atoms with Crippen LogP contribution in [0.3, 0.4) is 0 Å². The number of fused-ring (bicyclic) bond motifs is 1. The first-order chi connectivity index (χ1) is 6.31. The van der Waals surface area contributed by atoms with Gasteiger partial charge in [-0.25, -0.2) is 9.97 Å². The Balaban J connectivity index is 2.55. The number of pyridine rings is 1. The largest absolute Gasteiger partial charge is 0.378 e. The molecule has 68 valence electrons. The van der Waals surface area contributed by atoms with Crippen LogP contribution in [0.25, 0.3) is 10.3 Å². The molecule has 0 bridgehead atoms. The van der Waals surface area contributed by atoms with E-state index in [2.05, 4.69) is 9.97 Å². The lowest BCUT2D eigenvalue weighted by Crippen LogP contribution is -1.84. The van der Waals surface area contributed by atoms with Gasteiger partial charge in [-0.15, -0.1) is 11.3 Å². The minimum absolute atomic E-state index is 0.511. The lowest BCUT2D eigenvalue weighted by molar-refractivity contribution is 0.184. The fourth-order valence-corrected chi connectivity index (χ4v) is 2.19. The molecule has 0 N–H and O–H groups in total. The normalized spacial score (nSPS) is 10.9. The molecule has 2 heterocycles. The van der Waals surface area contributed by atoms with E-state index in [1.807, 2.05) is 0 Å². The van der Waals surface area contributed by atoms with Gasteiger partial charge in [-0.2, -0.15) is 0 Å². The third-order valence-corrected chi connectivity index (χ3v) is 3.03. The molecule has 0 aliphatic rings. The van der Waals surface area contributed by atoms with Crippen LogP contribution in [0.15, 0.2) is 12.3 Å². The van der Waals surface area contributed by atoms with Gasteiger partial charge in [0.2, 0.25) is 0 Å². The minimum Gasteiger partial charge on any atom is -0.378 e. The van der Waals surface area contributed by atoms with Gasteiger partial charge in [0.05, 0.1) is 16.3 Å². The maximum absolute atomic E-state index is 5.96. The highest BCUT2D eigenvalue weighted by Gasteiger charge is 2.06. The van der Waals surface area contributed by atoms with Gasteiger partial charge in [0.25, 0.3) is 0 Å². The third-order valence-electron chi connectivity index (χ3n) is 1.56. The Hall–Kier alpha value is -0.710. The fraction of sp³-hybridized carbons (Fsp3) is 0.250. The van der Waals surface area contributed by atoms with E-state index < -0.39 is 0 Å². The molecule has 0 atom stereocenters. The third kappa shape index (κ3) is 1.65. The zero-order chi connectivity index (χ0) is 9.26. The second kappa shape index (κ2) is 3.57.